The molecule has 0 saturated heterocycles. The molecule has 0 unspecified atom stereocenters. The second kappa shape index (κ2) is 7.97. The van der Waals surface area contributed by atoms with Crippen molar-refractivity contribution < 1.29 is 9.59 Å². The summed E-state index contributed by atoms with van der Waals surface area (Å²) in [5.41, 5.74) is 3.49. The lowest BCUT2D eigenvalue weighted by atomic mass is 10.1. The van der Waals surface area contributed by atoms with Gasteiger partial charge in [0, 0.05) is 25.6 Å². The molecule has 0 aliphatic heterocycles. The van der Waals surface area contributed by atoms with Gasteiger partial charge in [0.1, 0.15) is 0 Å². The van der Waals surface area contributed by atoms with E-state index >= 15 is 0 Å². The predicted octanol–water partition coefficient (Wildman–Crippen LogP) is 4.34. The molecule has 0 heterocycles. The number of nitrogens with zero attached hydrogens (tertiary/aromatic N) is 1. The number of halogens is 1. The first-order valence-electron chi connectivity index (χ1n) is 7.78. The van der Waals surface area contributed by atoms with Crippen molar-refractivity contribution >= 4 is 34.8 Å². The summed E-state index contributed by atoms with van der Waals surface area (Å²) in [6.07, 6.45) is 0.193. The van der Waals surface area contributed by atoms with Crippen LogP contribution in [-0.2, 0) is 9.59 Å². The lowest BCUT2D eigenvalue weighted by molar-refractivity contribution is -0.117. The number of carbonyl (C=O) groups is 2. The van der Waals surface area contributed by atoms with Crippen LogP contribution in [0.4, 0.5) is 11.4 Å². The summed E-state index contributed by atoms with van der Waals surface area (Å²) < 4.78 is 0. The standard InChI is InChI=1S/C19H21ClN2O2/c1-13-8-9-14(2)18(12-13)22(15(3)23)11-10-19(24)21-17-7-5-4-6-16(17)20/h4-9,12H,10-11H2,1-3H3,(H,21,24). The number of hydrogen-bond acceptors (Lipinski definition) is 2. The van der Waals surface area contributed by atoms with Crippen LogP contribution in [0.5, 0.6) is 0 Å². The Morgan fingerprint density at radius 3 is 2.50 bits per heavy atom. The molecule has 4 nitrogen and oxygen atoms in total. The van der Waals surface area contributed by atoms with Gasteiger partial charge in [0.25, 0.3) is 0 Å². The van der Waals surface area contributed by atoms with Gasteiger partial charge in [-0.3, -0.25) is 9.59 Å². The molecule has 2 rings (SSSR count). The fourth-order valence-corrected chi connectivity index (χ4v) is 2.63. The largest absolute Gasteiger partial charge is 0.325 e. The third kappa shape index (κ3) is 4.59. The molecule has 2 amide bonds. The van der Waals surface area contributed by atoms with E-state index in [0.717, 1.165) is 16.8 Å². The molecule has 0 aromatic heterocycles. The Morgan fingerprint density at radius 1 is 1.12 bits per heavy atom. The summed E-state index contributed by atoms with van der Waals surface area (Å²) in [6.45, 7) is 5.75. The Morgan fingerprint density at radius 2 is 1.83 bits per heavy atom. The van der Waals surface area contributed by atoms with Crippen molar-refractivity contribution in [2.45, 2.75) is 27.2 Å². The molecule has 0 fully saturated rings. The minimum absolute atomic E-state index is 0.0887. The number of aryl methyl sites for hydroxylation is 2. The van der Waals surface area contributed by atoms with Crippen LogP contribution in [0, 0.1) is 13.8 Å². The minimum atomic E-state index is -0.181. The molecule has 0 radical (unpaired) electrons. The maximum Gasteiger partial charge on any atom is 0.226 e. The first kappa shape index (κ1) is 18.0. The smallest absolute Gasteiger partial charge is 0.226 e. The summed E-state index contributed by atoms with van der Waals surface area (Å²) in [7, 11) is 0. The summed E-state index contributed by atoms with van der Waals surface area (Å²) in [5.74, 6) is -0.270. The summed E-state index contributed by atoms with van der Waals surface area (Å²) in [4.78, 5) is 25.8. The molecule has 0 spiro atoms. The fourth-order valence-electron chi connectivity index (χ4n) is 2.45. The highest BCUT2D eigenvalue weighted by molar-refractivity contribution is 6.33. The molecule has 1 N–H and O–H groups in total. The maximum absolute atomic E-state index is 12.2. The van der Waals surface area contributed by atoms with Crippen LogP contribution in [0.1, 0.15) is 24.5 Å². The zero-order chi connectivity index (χ0) is 17.7. The lowest BCUT2D eigenvalue weighted by Crippen LogP contribution is -2.32. The van der Waals surface area contributed by atoms with Gasteiger partial charge in [-0.2, -0.15) is 0 Å². The molecule has 24 heavy (non-hydrogen) atoms. The number of rotatable bonds is 5. The first-order valence-corrected chi connectivity index (χ1v) is 8.16. The van der Waals surface area contributed by atoms with E-state index in [2.05, 4.69) is 5.32 Å². The van der Waals surface area contributed by atoms with Crippen LogP contribution in [0.2, 0.25) is 5.02 Å². The normalized spacial score (nSPS) is 10.3. The van der Waals surface area contributed by atoms with Crippen molar-refractivity contribution in [3.05, 3.63) is 58.6 Å². The average molecular weight is 345 g/mol. The van der Waals surface area contributed by atoms with Crippen LogP contribution >= 0.6 is 11.6 Å². The Kier molecular flexibility index (Phi) is 5.99. The second-order valence-electron chi connectivity index (χ2n) is 5.74. The van der Waals surface area contributed by atoms with E-state index in [0.29, 0.717) is 17.3 Å². The fraction of sp³-hybridized carbons (Fsp3) is 0.263. The van der Waals surface area contributed by atoms with Crippen LogP contribution in [0.3, 0.4) is 0 Å². The molecule has 0 aliphatic carbocycles. The van der Waals surface area contributed by atoms with Gasteiger partial charge in [-0.1, -0.05) is 35.9 Å². The highest BCUT2D eigenvalue weighted by atomic mass is 35.5. The molecular formula is C19H21ClN2O2. The number of hydrogen-bond donors (Lipinski definition) is 1. The SMILES string of the molecule is CC(=O)N(CCC(=O)Nc1ccccc1Cl)c1cc(C)ccc1C. The number of amides is 2. The Hall–Kier alpha value is -2.33. The summed E-state index contributed by atoms with van der Waals surface area (Å²) >= 11 is 6.04. The molecular weight excluding hydrogens is 324 g/mol. The van der Waals surface area contributed by atoms with Crippen molar-refractivity contribution in [2.24, 2.45) is 0 Å². The van der Waals surface area contributed by atoms with E-state index in [9.17, 15) is 9.59 Å². The third-order valence-electron chi connectivity index (χ3n) is 3.75. The van der Waals surface area contributed by atoms with Crippen LogP contribution in [-0.4, -0.2) is 18.4 Å². The molecule has 2 aromatic rings. The Labute approximate surface area is 147 Å². The number of benzene rings is 2. The molecule has 0 atom stereocenters. The number of para-hydroxylation sites is 1. The monoisotopic (exact) mass is 344 g/mol. The molecule has 0 bridgehead atoms. The van der Waals surface area contributed by atoms with Gasteiger partial charge in [-0.15, -0.1) is 0 Å². The highest BCUT2D eigenvalue weighted by Gasteiger charge is 2.16. The molecule has 126 valence electrons. The molecule has 5 heteroatoms. The van der Waals surface area contributed by atoms with Crippen LogP contribution in [0.15, 0.2) is 42.5 Å². The van der Waals surface area contributed by atoms with Gasteiger partial charge in [0.15, 0.2) is 0 Å². The van der Waals surface area contributed by atoms with Gasteiger partial charge in [-0.05, 0) is 43.2 Å². The van der Waals surface area contributed by atoms with Crippen molar-refractivity contribution in [3.63, 3.8) is 0 Å². The van der Waals surface area contributed by atoms with Crippen LogP contribution < -0.4 is 10.2 Å². The van der Waals surface area contributed by atoms with E-state index in [1.165, 1.54) is 6.92 Å². The zero-order valence-corrected chi connectivity index (χ0v) is 14.9. The Balaban J connectivity index is 2.07. The molecule has 0 saturated carbocycles. The zero-order valence-electron chi connectivity index (χ0n) is 14.1. The average Bonchev–Trinajstić information content (AvgIpc) is 2.52. The third-order valence-corrected chi connectivity index (χ3v) is 4.08. The minimum Gasteiger partial charge on any atom is -0.325 e. The van der Waals surface area contributed by atoms with E-state index in [-0.39, 0.29) is 18.2 Å². The van der Waals surface area contributed by atoms with Crippen molar-refractivity contribution in [2.75, 3.05) is 16.8 Å². The van der Waals surface area contributed by atoms with Crippen LogP contribution in [0.25, 0.3) is 0 Å². The van der Waals surface area contributed by atoms with Gasteiger partial charge in [-0.25, -0.2) is 0 Å². The van der Waals surface area contributed by atoms with Gasteiger partial charge < -0.3 is 10.2 Å². The number of carbonyl (C=O) groups excluding carboxylic acids is 2. The topological polar surface area (TPSA) is 49.4 Å². The van der Waals surface area contributed by atoms with E-state index in [1.54, 1.807) is 29.2 Å². The Bertz CT molecular complexity index is 759. The van der Waals surface area contributed by atoms with Gasteiger partial charge in [0.05, 0.1) is 10.7 Å². The first-order chi connectivity index (χ1) is 11.4. The van der Waals surface area contributed by atoms with Crippen molar-refractivity contribution in [3.8, 4) is 0 Å². The summed E-state index contributed by atoms with van der Waals surface area (Å²) in [6, 6.07) is 13.0. The van der Waals surface area contributed by atoms with Crippen molar-refractivity contribution in [1.82, 2.24) is 0 Å². The number of nitrogens with one attached hydrogen (secondary N) is 1. The lowest BCUT2D eigenvalue weighted by Gasteiger charge is -2.23. The maximum atomic E-state index is 12.2. The molecule has 2 aromatic carbocycles. The van der Waals surface area contributed by atoms with E-state index in [1.807, 2.05) is 32.0 Å². The predicted molar refractivity (Wildman–Crippen MR) is 98.6 cm³/mol. The molecule has 0 aliphatic rings. The second-order valence-corrected chi connectivity index (χ2v) is 6.15. The number of anilines is 2. The van der Waals surface area contributed by atoms with Gasteiger partial charge in [0.2, 0.25) is 11.8 Å². The van der Waals surface area contributed by atoms with E-state index in [4.69, 9.17) is 11.6 Å². The highest BCUT2D eigenvalue weighted by Crippen LogP contribution is 2.23. The van der Waals surface area contributed by atoms with Gasteiger partial charge >= 0.3 is 0 Å². The quantitative estimate of drug-likeness (QED) is 0.877. The summed E-state index contributed by atoms with van der Waals surface area (Å²) in [5, 5.41) is 3.26. The van der Waals surface area contributed by atoms with Crippen molar-refractivity contribution in [1.29, 1.82) is 0 Å². The van der Waals surface area contributed by atoms with E-state index < -0.39 is 0 Å².